The third-order valence-corrected chi connectivity index (χ3v) is 3.76. The minimum atomic E-state index is 0.459. The van der Waals surface area contributed by atoms with Gasteiger partial charge < -0.3 is 9.47 Å². The Morgan fingerprint density at radius 3 is 1.33 bits per heavy atom. The first kappa shape index (κ1) is 6.17. The van der Waals surface area contributed by atoms with Crippen LogP contribution in [0.5, 0.6) is 0 Å². The van der Waals surface area contributed by atoms with Gasteiger partial charge in [0.15, 0.2) is 0 Å². The zero-order chi connectivity index (χ0) is 7.71. The molecule has 0 aromatic heterocycles. The molecule has 0 saturated carbocycles. The third-order valence-electron chi connectivity index (χ3n) is 3.76. The molecule has 4 aliphatic rings. The molecule has 2 nitrogen and oxygen atoms in total. The van der Waals surface area contributed by atoms with E-state index in [1.54, 1.807) is 11.1 Å². The number of rotatable bonds is 0. The molecule has 4 aliphatic heterocycles. The molecular weight excluding hydrogens is 152 g/mol. The fourth-order valence-corrected chi connectivity index (χ4v) is 3.35. The van der Waals surface area contributed by atoms with Crippen molar-refractivity contribution >= 4 is 0 Å². The average molecular weight is 164 g/mol. The molecule has 0 N–H and O–H groups in total. The van der Waals surface area contributed by atoms with Gasteiger partial charge in [-0.05, 0) is 36.8 Å². The van der Waals surface area contributed by atoms with Crippen molar-refractivity contribution in [2.45, 2.75) is 50.1 Å². The molecule has 0 aliphatic carbocycles. The Morgan fingerprint density at radius 2 is 1.00 bits per heavy atom. The maximum atomic E-state index is 5.87. The fraction of sp³-hybridized carbons (Fsp3) is 0.800. The van der Waals surface area contributed by atoms with Crippen LogP contribution in [0.2, 0.25) is 0 Å². The maximum absolute atomic E-state index is 5.87. The summed E-state index contributed by atoms with van der Waals surface area (Å²) in [6, 6.07) is 0. The van der Waals surface area contributed by atoms with Crippen LogP contribution in [0.3, 0.4) is 0 Å². The molecule has 0 spiro atoms. The molecule has 0 unspecified atom stereocenters. The van der Waals surface area contributed by atoms with Crippen LogP contribution in [0.15, 0.2) is 11.1 Å². The van der Waals surface area contributed by atoms with E-state index in [0.717, 1.165) is 0 Å². The van der Waals surface area contributed by atoms with Crippen molar-refractivity contribution in [1.82, 2.24) is 0 Å². The van der Waals surface area contributed by atoms with Gasteiger partial charge in [0.25, 0.3) is 0 Å². The molecule has 2 fully saturated rings. The summed E-state index contributed by atoms with van der Waals surface area (Å²) < 4.78 is 11.7. The van der Waals surface area contributed by atoms with Gasteiger partial charge in [-0.2, -0.15) is 0 Å². The van der Waals surface area contributed by atoms with Gasteiger partial charge >= 0.3 is 0 Å². The minimum absolute atomic E-state index is 0.459. The molecule has 0 aromatic rings. The maximum Gasteiger partial charge on any atom is 0.0823 e. The van der Waals surface area contributed by atoms with E-state index in [1.165, 1.54) is 25.7 Å². The standard InChI is InChI=1S/C10H12O2/c1-2-6-10-8-4-3-7(12-8)9(10)5(1)11-6/h5-8H,1-4H2/t5-,6+,7+,8-. The van der Waals surface area contributed by atoms with Crippen LogP contribution in [-0.2, 0) is 9.47 Å². The molecule has 4 heterocycles. The minimum Gasteiger partial charge on any atom is -0.366 e. The summed E-state index contributed by atoms with van der Waals surface area (Å²) in [5.74, 6) is 0. The van der Waals surface area contributed by atoms with E-state index in [9.17, 15) is 0 Å². The van der Waals surface area contributed by atoms with E-state index in [1.807, 2.05) is 0 Å². The van der Waals surface area contributed by atoms with Gasteiger partial charge in [-0.25, -0.2) is 0 Å². The quantitative estimate of drug-likeness (QED) is 0.504. The zero-order valence-electron chi connectivity index (χ0n) is 6.95. The first-order valence-electron chi connectivity index (χ1n) is 4.98. The fourth-order valence-electron chi connectivity index (χ4n) is 3.35. The lowest BCUT2D eigenvalue weighted by Crippen LogP contribution is -2.18. The van der Waals surface area contributed by atoms with Crippen LogP contribution in [0.1, 0.15) is 25.7 Å². The molecule has 12 heavy (non-hydrogen) atoms. The number of hydrogen-bond acceptors (Lipinski definition) is 2. The molecule has 0 amide bonds. The predicted octanol–water partition coefficient (Wildman–Crippen LogP) is 1.41. The lowest BCUT2D eigenvalue weighted by Gasteiger charge is -2.17. The van der Waals surface area contributed by atoms with Crippen LogP contribution in [-0.4, -0.2) is 24.4 Å². The van der Waals surface area contributed by atoms with Crippen molar-refractivity contribution in [2.24, 2.45) is 0 Å². The van der Waals surface area contributed by atoms with E-state index in [-0.39, 0.29) is 0 Å². The molecule has 0 aromatic carbocycles. The average Bonchev–Trinajstić information content (AvgIpc) is 2.83. The Hall–Kier alpha value is -0.340. The summed E-state index contributed by atoms with van der Waals surface area (Å²) in [6.07, 6.45) is 6.82. The summed E-state index contributed by atoms with van der Waals surface area (Å²) in [5, 5.41) is 0. The summed E-state index contributed by atoms with van der Waals surface area (Å²) in [6.45, 7) is 0. The van der Waals surface area contributed by atoms with E-state index < -0.39 is 0 Å². The normalized spacial score (nSPS) is 54.0. The van der Waals surface area contributed by atoms with Crippen LogP contribution in [0.25, 0.3) is 0 Å². The van der Waals surface area contributed by atoms with E-state index >= 15 is 0 Å². The lowest BCUT2D eigenvalue weighted by molar-refractivity contribution is 0.0443. The van der Waals surface area contributed by atoms with Crippen LogP contribution in [0, 0.1) is 0 Å². The second kappa shape index (κ2) is 1.78. The second-order valence-electron chi connectivity index (χ2n) is 4.29. The van der Waals surface area contributed by atoms with Crippen molar-refractivity contribution in [3.05, 3.63) is 11.1 Å². The van der Waals surface area contributed by atoms with Gasteiger partial charge in [0.05, 0.1) is 24.4 Å². The molecule has 64 valence electrons. The molecule has 4 rings (SSSR count). The van der Waals surface area contributed by atoms with E-state index in [4.69, 9.17) is 9.47 Å². The van der Waals surface area contributed by atoms with Crippen LogP contribution >= 0.6 is 0 Å². The molecule has 2 heteroatoms. The van der Waals surface area contributed by atoms with Crippen molar-refractivity contribution < 1.29 is 9.47 Å². The van der Waals surface area contributed by atoms with Gasteiger partial charge in [-0.1, -0.05) is 0 Å². The van der Waals surface area contributed by atoms with Crippen molar-refractivity contribution in [3.63, 3.8) is 0 Å². The third kappa shape index (κ3) is 0.511. The molecule has 4 atom stereocenters. The smallest absolute Gasteiger partial charge is 0.0823 e. The number of ether oxygens (including phenoxy) is 2. The van der Waals surface area contributed by atoms with Gasteiger partial charge in [0.2, 0.25) is 0 Å². The topological polar surface area (TPSA) is 18.5 Å². The summed E-state index contributed by atoms with van der Waals surface area (Å²) in [7, 11) is 0. The Labute approximate surface area is 71.5 Å². The number of hydrogen-bond donors (Lipinski definition) is 0. The van der Waals surface area contributed by atoms with Crippen LogP contribution in [0.4, 0.5) is 0 Å². The van der Waals surface area contributed by atoms with Crippen LogP contribution < -0.4 is 0 Å². The van der Waals surface area contributed by atoms with Gasteiger partial charge in [0, 0.05) is 0 Å². The predicted molar refractivity (Wildman–Crippen MR) is 42.8 cm³/mol. The van der Waals surface area contributed by atoms with Crippen molar-refractivity contribution in [1.29, 1.82) is 0 Å². The summed E-state index contributed by atoms with van der Waals surface area (Å²) >= 11 is 0. The highest BCUT2D eigenvalue weighted by atomic mass is 16.5. The first-order chi connectivity index (χ1) is 5.93. The lowest BCUT2D eigenvalue weighted by atomic mass is 9.82. The Bertz CT molecular complexity index is 230. The Balaban J connectivity index is 1.90. The molecule has 2 saturated heterocycles. The SMILES string of the molecule is C1C[C@H]2O[C@@H]1C1=C2[C@@H]2CC[C@H]1O2. The highest BCUT2D eigenvalue weighted by molar-refractivity contribution is 5.41. The van der Waals surface area contributed by atoms with Gasteiger partial charge in [-0.15, -0.1) is 0 Å². The highest BCUT2D eigenvalue weighted by Crippen LogP contribution is 2.52. The Kier molecular flexibility index (Phi) is 0.913. The first-order valence-corrected chi connectivity index (χ1v) is 4.98. The highest BCUT2D eigenvalue weighted by Gasteiger charge is 2.53. The van der Waals surface area contributed by atoms with Crippen molar-refractivity contribution in [3.8, 4) is 0 Å². The van der Waals surface area contributed by atoms with Gasteiger partial charge in [0.1, 0.15) is 0 Å². The second-order valence-corrected chi connectivity index (χ2v) is 4.29. The molecule has 4 bridgehead atoms. The molecular formula is C10H12O2. The number of fused-ring (bicyclic) bond motifs is 8. The van der Waals surface area contributed by atoms with E-state index in [0.29, 0.717) is 24.4 Å². The van der Waals surface area contributed by atoms with E-state index in [2.05, 4.69) is 0 Å². The monoisotopic (exact) mass is 164 g/mol. The summed E-state index contributed by atoms with van der Waals surface area (Å²) in [4.78, 5) is 0. The molecule has 0 radical (unpaired) electrons. The largest absolute Gasteiger partial charge is 0.366 e. The zero-order valence-corrected chi connectivity index (χ0v) is 6.95. The Morgan fingerprint density at radius 1 is 0.667 bits per heavy atom. The summed E-state index contributed by atoms with van der Waals surface area (Å²) in [5.41, 5.74) is 3.12. The van der Waals surface area contributed by atoms with Gasteiger partial charge in [-0.3, -0.25) is 0 Å². The van der Waals surface area contributed by atoms with Crippen molar-refractivity contribution in [2.75, 3.05) is 0 Å².